The van der Waals surface area contributed by atoms with Gasteiger partial charge in [0.2, 0.25) is 12.7 Å². The molecule has 2 aromatic rings. The first kappa shape index (κ1) is 16.6. The van der Waals surface area contributed by atoms with Crippen LogP contribution in [-0.4, -0.2) is 30.7 Å². The van der Waals surface area contributed by atoms with Gasteiger partial charge >= 0.3 is 11.7 Å². The van der Waals surface area contributed by atoms with Crippen molar-refractivity contribution < 1.29 is 28.7 Å². The number of benzene rings is 2. The Morgan fingerprint density at radius 1 is 1.19 bits per heavy atom. The van der Waals surface area contributed by atoms with E-state index in [9.17, 15) is 14.9 Å². The summed E-state index contributed by atoms with van der Waals surface area (Å²) in [5.41, 5.74) is 0.797. The molecule has 0 unspecified atom stereocenters. The van der Waals surface area contributed by atoms with Crippen molar-refractivity contribution in [1.29, 1.82) is 0 Å². The average Bonchev–Trinajstić information content (AvgIpc) is 3.27. The van der Waals surface area contributed by atoms with Crippen molar-refractivity contribution in [1.82, 2.24) is 0 Å². The van der Waals surface area contributed by atoms with E-state index in [2.05, 4.69) is 4.99 Å². The number of nitrogens with zero attached hydrogens (tertiary/aromatic N) is 2. The molecular formula is C18H12N2O7. The van der Waals surface area contributed by atoms with E-state index >= 15 is 0 Å². The predicted molar refractivity (Wildman–Crippen MR) is 92.8 cm³/mol. The number of nitro benzene ring substituents is 1. The maximum Gasteiger partial charge on any atom is 0.363 e. The molecule has 0 N–H and O–H groups in total. The van der Waals surface area contributed by atoms with Gasteiger partial charge in [0.05, 0.1) is 12.0 Å². The minimum atomic E-state index is -0.652. The summed E-state index contributed by atoms with van der Waals surface area (Å²) in [6, 6.07) is 9.39. The van der Waals surface area contributed by atoms with E-state index in [0.29, 0.717) is 22.6 Å². The fraction of sp³-hybridized carbons (Fsp3) is 0.111. The number of aliphatic imine (C=N–C) groups is 1. The quantitative estimate of drug-likeness (QED) is 0.353. The van der Waals surface area contributed by atoms with Crippen molar-refractivity contribution >= 4 is 23.6 Å². The first-order valence-electron chi connectivity index (χ1n) is 7.80. The highest BCUT2D eigenvalue weighted by atomic mass is 16.7. The van der Waals surface area contributed by atoms with Crippen LogP contribution in [0.25, 0.3) is 6.08 Å². The van der Waals surface area contributed by atoms with E-state index in [0.717, 1.165) is 0 Å². The summed E-state index contributed by atoms with van der Waals surface area (Å²) in [6.07, 6.45) is 1.54. The molecule has 9 nitrogen and oxygen atoms in total. The average molecular weight is 368 g/mol. The van der Waals surface area contributed by atoms with Gasteiger partial charge in [0, 0.05) is 11.6 Å². The molecule has 9 heteroatoms. The second-order valence-corrected chi connectivity index (χ2v) is 5.59. The summed E-state index contributed by atoms with van der Waals surface area (Å²) in [5.74, 6) is 0.635. The van der Waals surface area contributed by atoms with Crippen LogP contribution >= 0.6 is 0 Å². The van der Waals surface area contributed by atoms with Crippen molar-refractivity contribution in [3.8, 4) is 17.2 Å². The minimum Gasteiger partial charge on any atom is -0.490 e. The standard InChI is InChI=1S/C18H12N2O7/c1-24-14-5-3-11(8-13(14)20(22)23)17-19-12(18(21)27-17)6-10-2-4-15-16(7-10)26-9-25-15/h2-8H,9H2,1H3/b12-6+. The largest absolute Gasteiger partial charge is 0.490 e. The normalized spacial score (nSPS) is 16.3. The van der Waals surface area contributed by atoms with E-state index in [1.165, 1.54) is 31.4 Å². The number of rotatable bonds is 4. The lowest BCUT2D eigenvalue weighted by molar-refractivity contribution is -0.385. The van der Waals surface area contributed by atoms with Crippen LogP contribution in [0.5, 0.6) is 17.2 Å². The van der Waals surface area contributed by atoms with Crippen molar-refractivity contribution in [3.05, 3.63) is 63.3 Å². The van der Waals surface area contributed by atoms with Gasteiger partial charge < -0.3 is 18.9 Å². The SMILES string of the molecule is COc1ccc(C2=N/C(=C/c3ccc4c(c3)OCO4)C(=O)O2)cc1[N+](=O)[O-]. The Labute approximate surface area is 152 Å². The second kappa shape index (κ2) is 6.45. The van der Waals surface area contributed by atoms with Gasteiger partial charge in [0.1, 0.15) is 0 Å². The molecule has 4 rings (SSSR count). The number of methoxy groups -OCH3 is 1. The summed E-state index contributed by atoms with van der Waals surface area (Å²) in [5, 5.41) is 11.2. The van der Waals surface area contributed by atoms with Crippen LogP contribution in [0.1, 0.15) is 11.1 Å². The molecule has 2 aliphatic rings. The van der Waals surface area contributed by atoms with Gasteiger partial charge in [-0.05, 0) is 35.9 Å². The predicted octanol–water partition coefficient (Wildman–Crippen LogP) is 2.68. The van der Waals surface area contributed by atoms with Gasteiger partial charge in [0.15, 0.2) is 22.9 Å². The van der Waals surface area contributed by atoms with Crippen LogP contribution in [0.2, 0.25) is 0 Å². The van der Waals surface area contributed by atoms with E-state index in [1.807, 2.05) is 0 Å². The first-order valence-corrected chi connectivity index (χ1v) is 7.80. The molecule has 0 aliphatic carbocycles. The molecule has 136 valence electrons. The van der Waals surface area contributed by atoms with Crippen molar-refractivity contribution in [3.63, 3.8) is 0 Å². The molecule has 2 heterocycles. The third kappa shape index (κ3) is 3.06. The van der Waals surface area contributed by atoms with E-state index < -0.39 is 10.9 Å². The summed E-state index contributed by atoms with van der Waals surface area (Å²) >= 11 is 0. The lowest BCUT2D eigenvalue weighted by Gasteiger charge is -2.03. The van der Waals surface area contributed by atoms with Gasteiger partial charge in [-0.2, -0.15) is 0 Å². The highest BCUT2D eigenvalue weighted by Crippen LogP contribution is 2.34. The summed E-state index contributed by atoms with van der Waals surface area (Å²) in [7, 11) is 1.33. The third-order valence-electron chi connectivity index (χ3n) is 3.94. The summed E-state index contributed by atoms with van der Waals surface area (Å²) < 4.78 is 20.7. The fourth-order valence-electron chi connectivity index (χ4n) is 2.66. The number of hydrogen-bond acceptors (Lipinski definition) is 8. The molecular weight excluding hydrogens is 356 g/mol. The monoisotopic (exact) mass is 368 g/mol. The van der Waals surface area contributed by atoms with Gasteiger partial charge in [-0.25, -0.2) is 9.79 Å². The van der Waals surface area contributed by atoms with Gasteiger partial charge in [0.25, 0.3) is 0 Å². The number of hydrogen-bond donors (Lipinski definition) is 0. The van der Waals surface area contributed by atoms with E-state index in [4.69, 9.17) is 18.9 Å². The first-order chi connectivity index (χ1) is 13.0. The number of cyclic esters (lactones) is 1. The highest BCUT2D eigenvalue weighted by molar-refractivity contribution is 6.13. The Kier molecular flexibility index (Phi) is 3.96. The second-order valence-electron chi connectivity index (χ2n) is 5.59. The number of esters is 1. The molecule has 0 fully saturated rings. The molecule has 0 radical (unpaired) electrons. The topological polar surface area (TPSA) is 109 Å². The Morgan fingerprint density at radius 3 is 2.78 bits per heavy atom. The zero-order valence-electron chi connectivity index (χ0n) is 14.0. The molecule has 0 spiro atoms. The van der Waals surface area contributed by atoms with E-state index in [-0.39, 0.29) is 29.8 Å². The van der Waals surface area contributed by atoms with E-state index in [1.54, 1.807) is 18.2 Å². The van der Waals surface area contributed by atoms with Crippen LogP contribution in [0, 0.1) is 10.1 Å². The maximum absolute atomic E-state index is 12.1. The Morgan fingerprint density at radius 2 is 2.00 bits per heavy atom. The summed E-state index contributed by atoms with van der Waals surface area (Å²) in [6.45, 7) is 0.149. The molecule has 0 aromatic heterocycles. The van der Waals surface area contributed by atoms with Gasteiger partial charge in [-0.3, -0.25) is 10.1 Å². The third-order valence-corrected chi connectivity index (χ3v) is 3.94. The zero-order valence-corrected chi connectivity index (χ0v) is 14.0. The van der Waals surface area contributed by atoms with Gasteiger partial charge in [-0.15, -0.1) is 0 Å². The lowest BCUT2D eigenvalue weighted by atomic mass is 10.1. The Hall–Kier alpha value is -3.88. The van der Waals surface area contributed by atoms with Gasteiger partial charge in [-0.1, -0.05) is 6.07 Å². The van der Waals surface area contributed by atoms with Crippen LogP contribution in [0.3, 0.4) is 0 Å². The molecule has 0 amide bonds. The van der Waals surface area contributed by atoms with Crippen LogP contribution < -0.4 is 14.2 Å². The molecule has 2 aromatic carbocycles. The molecule has 0 saturated heterocycles. The molecule has 27 heavy (non-hydrogen) atoms. The smallest absolute Gasteiger partial charge is 0.363 e. The van der Waals surface area contributed by atoms with Crippen LogP contribution in [0.4, 0.5) is 5.69 Å². The summed E-state index contributed by atoms with van der Waals surface area (Å²) in [4.78, 5) is 26.8. The Balaban J connectivity index is 1.67. The van der Waals surface area contributed by atoms with Crippen molar-refractivity contribution in [2.45, 2.75) is 0 Å². The van der Waals surface area contributed by atoms with Crippen molar-refractivity contribution in [2.24, 2.45) is 4.99 Å². The fourth-order valence-corrected chi connectivity index (χ4v) is 2.66. The molecule has 0 saturated carbocycles. The Bertz CT molecular complexity index is 1030. The maximum atomic E-state index is 12.1. The number of nitro groups is 1. The molecule has 0 atom stereocenters. The number of carbonyl (C=O) groups excluding carboxylic acids is 1. The molecule has 0 bridgehead atoms. The molecule has 2 aliphatic heterocycles. The minimum absolute atomic E-state index is 0.0160. The van der Waals surface area contributed by atoms with Crippen LogP contribution in [0.15, 0.2) is 47.1 Å². The number of ether oxygens (including phenoxy) is 4. The van der Waals surface area contributed by atoms with Crippen molar-refractivity contribution in [2.75, 3.05) is 13.9 Å². The zero-order chi connectivity index (χ0) is 19.0. The number of fused-ring (bicyclic) bond motifs is 1. The number of carbonyl (C=O) groups is 1. The van der Waals surface area contributed by atoms with Crippen LogP contribution in [-0.2, 0) is 9.53 Å². The lowest BCUT2D eigenvalue weighted by Crippen LogP contribution is -2.06. The highest BCUT2D eigenvalue weighted by Gasteiger charge is 2.27.